The van der Waals surface area contributed by atoms with Crippen LogP contribution in [0.15, 0.2) is 29.4 Å². The second-order valence-electron chi connectivity index (χ2n) is 5.80. The number of ether oxygens (including phenoxy) is 1. The molecule has 8 heteroatoms. The highest BCUT2D eigenvalue weighted by Gasteiger charge is 2.37. The van der Waals surface area contributed by atoms with E-state index in [1.165, 1.54) is 11.8 Å². The standard InChI is InChI=1S/C17H23N5O2S/c1-4-10-18-16(23)15-14(12-6-8-13(9-7-12)24-5-2)21-22-11(3)19-20-17(22)25-15/h6-9,14-15,21H,4-5,10H2,1-3H3,(H,18,23)/t14-,15+/m1/s1. The molecule has 1 aliphatic heterocycles. The maximum atomic E-state index is 12.7. The van der Waals surface area contributed by atoms with Crippen LogP contribution in [0.3, 0.4) is 0 Å². The predicted octanol–water partition coefficient (Wildman–Crippen LogP) is 2.27. The number of amides is 1. The van der Waals surface area contributed by atoms with Crippen molar-refractivity contribution in [2.45, 2.75) is 43.6 Å². The molecule has 0 spiro atoms. The summed E-state index contributed by atoms with van der Waals surface area (Å²) in [6.07, 6.45) is 0.902. The molecular formula is C17H23N5O2S. The van der Waals surface area contributed by atoms with Crippen molar-refractivity contribution < 1.29 is 9.53 Å². The van der Waals surface area contributed by atoms with Gasteiger partial charge in [0, 0.05) is 6.54 Å². The molecule has 0 radical (unpaired) electrons. The molecule has 25 heavy (non-hydrogen) atoms. The molecule has 0 unspecified atom stereocenters. The SMILES string of the molecule is CCCNC(=O)[C@H]1Sc2nnc(C)n2N[C@@H]1c1ccc(OCC)cc1. The van der Waals surface area contributed by atoms with Crippen LogP contribution >= 0.6 is 11.8 Å². The van der Waals surface area contributed by atoms with Gasteiger partial charge in [0.05, 0.1) is 12.6 Å². The Labute approximate surface area is 151 Å². The first-order chi connectivity index (χ1) is 12.1. The van der Waals surface area contributed by atoms with Crippen molar-refractivity contribution in [2.75, 3.05) is 18.6 Å². The Morgan fingerprint density at radius 3 is 2.76 bits per heavy atom. The lowest BCUT2D eigenvalue weighted by atomic mass is 10.0. The highest BCUT2D eigenvalue weighted by Crippen LogP contribution is 2.37. The van der Waals surface area contributed by atoms with Crippen molar-refractivity contribution in [3.8, 4) is 5.75 Å². The van der Waals surface area contributed by atoms with Gasteiger partial charge < -0.3 is 15.5 Å². The molecule has 1 amide bonds. The first kappa shape index (κ1) is 17.6. The number of nitrogens with zero attached hydrogens (tertiary/aromatic N) is 3. The molecular weight excluding hydrogens is 338 g/mol. The summed E-state index contributed by atoms with van der Waals surface area (Å²) < 4.78 is 7.35. The number of aromatic nitrogens is 3. The average Bonchev–Trinajstić information content (AvgIpc) is 3.00. The smallest absolute Gasteiger partial charge is 0.236 e. The zero-order chi connectivity index (χ0) is 17.8. The Hall–Kier alpha value is -2.22. The van der Waals surface area contributed by atoms with E-state index in [0.717, 1.165) is 23.6 Å². The van der Waals surface area contributed by atoms with E-state index in [4.69, 9.17) is 4.74 Å². The zero-order valence-corrected chi connectivity index (χ0v) is 15.5. The minimum atomic E-state index is -0.319. The van der Waals surface area contributed by atoms with Crippen LogP contribution in [0.2, 0.25) is 0 Å². The van der Waals surface area contributed by atoms with E-state index >= 15 is 0 Å². The van der Waals surface area contributed by atoms with E-state index in [1.807, 2.05) is 49.7 Å². The summed E-state index contributed by atoms with van der Waals surface area (Å²) in [5.41, 5.74) is 4.41. The summed E-state index contributed by atoms with van der Waals surface area (Å²) >= 11 is 1.44. The summed E-state index contributed by atoms with van der Waals surface area (Å²) in [6.45, 7) is 7.17. The van der Waals surface area contributed by atoms with Crippen molar-refractivity contribution in [3.63, 3.8) is 0 Å². The summed E-state index contributed by atoms with van der Waals surface area (Å²) in [4.78, 5) is 12.7. The highest BCUT2D eigenvalue weighted by atomic mass is 32.2. The van der Waals surface area contributed by atoms with Gasteiger partial charge in [-0.05, 0) is 38.0 Å². The fraction of sp³-hybridized carbons (Fsp3) is 0.471. The largest absolute Gasteiger partial charge is 0.494 e. The van der Waals surface area contributed by atoms with Crippen LogP contribution in [-0.4, -0.2) is 39.2 Å². The Bertz CT molecular complexity index is 731. The number of benzene rings is 1. The van der Waals surface area contributed by atoms with E-state index in [2.05, 4.69) is 20.9 Å². The molecule has 1 aromatic carbocycles. The molecule has 2 heterocycles. The number of nitrogens with one attached hydrogen (secondary N) is 2. The number of carbonyl (C=O) groups is 1. The van der Waals surface area contributed by atoms with E-state index in [0.29, 0.717) is 18.3 Å². The van der Waals surface area contributed by atoms with Crippen molar-refractivity contribution in [3.05, 3.63) is 35.7 Å². The Morgan fingerprint density at radius 2 is 2.08 bits per heavy atom. The summed E-state index contributed by atoms with van der Waals surface area (Å²) in [7, 11) is 0. The van der Waals surface area contributed by atoms with Crippen LogP contribution in [0.25, 0.3) is 0 Å². The van der Waals surface area contributed by atoms with Gasteiger partial charge in [0.15, 0.2) is 0 Å². The number of thioether (sulfide) groups is 1. The maximum absolute atomic E-state index is 12.7. The van der Waals surface area contributed by atoms with Gasteiger partial charge in [-0.3, -0.25) is 4.79 Å². The first-order valence-electron chi connectivity index (χ1n) is 8.49. The molecule has 1 aromatic heterocycles. The lowest BCUT2D eigenvalue weighted by Gasteiger charge is -2.32. The third-order valence-electron chi connectivity index (χ3n) is 3.96. The van der Waals surface area contributed by atoms with E-state index in [1.54, 1.807) is 0 Å². The van der Waals surface area contributed by atoms with E-state index < -0.39 is 0 Å². The quantitative estimate of drug-likeness (QED) is 0.821. The number of carbonyl (C=O) groups excluding carboxylic acids is 1. The monoisotopic (exact) mass is 361 g/mol. The first-order valence-corrected chi connectivity index (χ1v) is 9.37. The molecule has 0 saturated heterocycles. The van der Waals surface area contributed by atoms with Gasteiger partial charge in [-0.15, -0.1) is 10.2 Å². The minimum Gasteiger partial charge on any atom is -0.494 e. The van der Waals surface area contributed by atoms with Crippen molar-refractivity contribution >= 4 is 17.7 Å². The number of aryl methyl sites for hydroxylation is 1. The lowest BCUT2D eigenvalue weighted by molar-refractivity contribution is -0.120. The fourth-order valence-corrected chi connectivity index (χ4v) is 3.85. The second kappa shape index (κ2) is 7.77. The molecule has 0 saturated carbocycles. The van der Waals surface area contributed by atoms with Gasteiger partial charge in [0.2, 0.25) is 11.1 Å². The van der Waals surface area contributed by atoms with Crippen molar-refractivity contribution in [1.29, 1.82) is 0 Å². The van der Waals surface area contributed by atoms with E-state index in [9.17, 15) is 4.79 Å². The topological polar surface area (TPSA) is 81.1 Å². The Morgan fingerprint density at radius 1 is 1.32 bits per heavy atom. The van der Waals surface area contributed by atoms with Crippen LogP contribution < -0.4 is 15.5 Å². The third kappa shape index (κ3) is 3.73. The summed E-state index contributed by atoms with van der Waals surface area (Å²) in [5.74, 6) is 1.60. The molecule has 3 rings (SSSR count). The van der Waals surface area contributed by atoms with Gasteiger partial charge in [-0.25, -0.2) is 4.68 Å². The second-order valence-corrected chi connectivity index (χ2v) is 6.91. The third-order valence-corrected chi connectivity index (χ3v) is 5.17. The van der Waals surface area contributed by atoms with Crippen LogP contribution in [0, 0.1) is 6.92 Å². The molecule has 2 aromatic rings. The lowest BCUT2D eigenvalue weighted by Crippen LogP contribution is -2.44. The molecule has 134 valence electrons. The van der Waals surface area contributed by atoms with Gasteiger partial charge >= 0.3 is 0 Å². The predicted molar refractivity (Wildman–Crippen MR) is 97.4 cm³/mol. The highest BCUT2D eigenvalue weighted by molar-refractivity contribution is 8.00. The molecule has 0 bridgehead atoms. The summed E-state index contributed by atoms with van der Waals surface area (Å²) in [6, 6.07) is 7.67. The Balaban J connectivity index is 1.89. The molecule has 2 atom stereocenters. The zero-order valence-electron chi connectivity index (χ0n) is 14.7. The maximum Gasteiger partial charge on any atom is 0.236 e. The molecule has 0 fully saturated rings. The van der Waals surface area contributed by atoms with Gasteiger partial charge in [-0.2, -0.15) is 0 Å². The molecule has 1 aliphatic rings. The number of hydrogen-bond donors (Lipinski definition) is 2. The van der Waals surface area contributed by atoms with Gasteiger partial charge in [-0.1, -0.05) is 30.8 Å². The number of rotatable bonds is 6. The summed E-state index contributed by atoms with van der Waals surface area (Å²) in [5, 5.41) is 11.6. The van der Waals surface area contributed by atoms with Crippen molar-refractivity contribution in [1.82, 2.24) is 20.2 Å². The van der Waals surface area contributed by atoms with Crippen LogP contribution in [0.5, 0.6) is 5.75 Å². The van der Waals surface area contributed by atoms with Crippen LogP contribution in [0.4, 0.5) is 0 Å². The molecule has 2 N–H and O–H groups in total. The average molecular weight is 361 g/mol. The molecule has 0 aliphatic carbocycles. The normalized spacial score (nSPS) is 19.0. The van der Waals surface area contributed by atoms with Gasteiger partial charge in [0.1, 0.15) is 16.8 Å². The van der Waals surface area contributed by atoms with Gasteiger partial charge in [0.25, 0.3) is 0 Å². The molecule has 7 nitrogen and oxygen atoms in total. The number of fused-ring (bicyclic) bond motifs is 1. The fourth-order valence-electron chi connectivity index (χ4n) is 2.70. The van der Waals surface area contributed by atoms with E-state index in [-0.39, 0.29) is 17.2 Å². The Kier molecular flexibility index (Phi) is 5.47. The van der Waals surface area contributed by atoms with Crippen LogP contribution in [0.1, 0.15) is 37.7 Å². The number of hydrogen-bond acceptors (Lipinski definition) is 6. The van der Waals surface area contributed by atoms with Crippen molar-refractivity contribution in [2.24, 2.45) is 0 Å². The van der Waals surface area contributed by atoms with Crippen LogP contribution in [-0.2, 0) is 4.79 Å². The minimum absolute atomic E-state index is 0.00476.